The minimum Gasteiger partial charge on any atom is -0.459 e. The number of hydrogen-bond acceptors (Lipinski definition) is 7. The SMILES string of the molecule is CSc1ncccc1C(=O)OCC(=O)N1CCN(C(=O)c2ccco2)CC1. The van der Waals surface area contributed by atoms with Crippen LogP contribution in [0, 0.1) is 0 Å². The predicted molar refractivity (Wildman–Crippen MR) is 97.5 cm³/mol. The number of amides is 2. The summed E-state index contributed by atoms with van der Waals surface area (Å²) < 4.78 is 10.3. The Bertz CT molecular complexity index is 816. The Morgan fingerprint density at radius 2 is 1.89 bits per heavy atom. The Balaban J connectivity index is 1.48. The van der Waals surface area contributed by atoms with Crippen molar-refractivity contribution in [1.29, 1.82) is 0 Å². The Kier molecular flexibility index (Phi) is 6.12. The highest BCUT2D eigenvalue weighted by Crippen LogP contribution is 2.17. The van der Waals surface area contributed by atoms with Gasteiger partial charge in [-0.15, -0.1) is 11.8 Å². The number of carbonyl (C=O) groups is 3. The van der Waals surface area contributed by atoms with Crippen LogP contribution in [0.5, 0.6) is 0 Å². The van der Waals surface area contributed by atoms with Gasteiger partial charge in [-0.3, -0.25) is 9.59 Å². The lowest BCUT2D eigenvalue weighted by Crippen LogP contribution is -2.51. The molecule has 3 rings (SSSR count). The summed E-state index contributed by atoms with van der Waals surface area (Å²) in [5.74, 6) is -0.778. The molecule has 8 nitrogen and oxygen atoms in total. The van der Waals surface area contributed by atoms with Crippen LogP contribution < -0.4 is 0 Å². The second-order valence-corrected chi connectivity index (χ2v) is 6.58. The van der Waals surface area contributed by atoms with Crippen molar-refractivity contribution in [1.82, 2.24) is 14.8 Å². The van der Waals surface area contributed by atoms with Crippen LogP contribution in [0.15, 0.2) is 46.2 Å². The summed E-state index contributed by atoms with van der Waals surface area (Å²) >= 11 is 1.34. The zero-order valence-electron chi connectivity index (χ0n) is 14.8. The maximum Gasteiger partial charge on any atom is 0.341 e. The Morgan fingerprint density at radius 1 is 1.15 bits per heavy atom. The molecule has 0 bridgehead atoms. The topological polar surface area (TPSA) is 93.0 Å². The molecule has 27 heavy (non-hydrogen) atoms. The number of piperazine rings is 1. The van der Waals surface area contributed by atoms with Gasteiger partial charge in [0.25, 0.3) is 11.8 Å². The van der Waals surface area contributed by atoms with Crippen LogP contribution in [0.4, 0.5) is 0 Å². The highest BCUT2D eigenvalue weighted by atomic mass is 32.2. The lowest BCUT2D eigenvalue weighted by atomic mass is 10.2. The van der Waals surface area contributed by atoms with E-state index in [2.05, 4.69) is 4.98 Å². The number of rotatable bonds is 5. The standard InChI is InChI=1S/C18H19N3O5S/c1-27-16-13(4-2-6-19-16)18(24)26-12-15(22)20-7-9-21(10-8-20)17(23)14-5-3-11-25-14/h2-6,11H,7-10,12H2,1H3. The molecular weight excluding hydrogens is 370 g/mol. The number of aromatic nitrogens is 1. The van der Waals surface area contributed by atoms with Gasteiger partial charge in [0.05, 0.1) is 11.8 Å². The van der Waals surface area contributed by atoms with E-state index in [-0.39, 0.29) is 24.2 Å². The van der Waals surface area contributed by atoms with E-state index < -0.39 is 5.97 Å². The van der Waals surface area contributed by atoms with Gasteiger partial charge < -0.3 is 19.0 Å². The van der Waals surface area contributed by atoms with Crippen LogP contribution in [-0.2, 0) is 9.53 Å². The van der Waals surface area contributed by atoms with E-state index in [0.717, 1.165) is 0 Å². The lowest BCUT2D eigenvalue weighted by Gasteiger charge is -2.34. The van der Waals surface area contributed by atoms with Crippen molar-refractivity contribution >= 4 is 29.5 Å². The molecule has 2 aromatic heterocycles. The quantitative estimate of drug-likeness (QED) is 0.566. The molecule has 0 aliphatic carbocycles. The van der Waals surface area contributed by atoms with Crippen LogP contribution in [-0.4, -0.2) is 71.6 Å². The van der Waals surface area contributed by atoms with E-state index in [1.54, 1.807) is 40.3 Å². The Hall–Kier alpha value is -2.81. The number of carbonyl (C=O) groups excluding carboxylic acids is 3. The summed E-state index contributed by atoms with van der Waals surface area (Å²) in [5.41, 5.74) is 0.340. The number of hydrogen-bond donors (Lipinski definition) is 0. The number of esters is 1. The third-order valence-electron chi connectivity index (χ3n) is 4.16. The van der Waals surface area contributed by atoms with Crippen LogP contribution >= 0.6 is 11.8 Å². The molecular formula is C18H19N3O5S. The van der Waals surface area contributed by atoms with E-state index in [1.807, 2.05) is 6.26 Å². The van der Waals surface area contributed by atoms with Crippen molar-refractivity contribution in [3.63, 3.8) is 0 Å². The molecule has 1 saturated heterocycles. The minimum absolute atomic E-state index is 0.195. The molecule has 142 valence electrons. The molecule has 9 heteroatoms. The van der Waals surface area contributed by atoms with Crippen LogP contribution in [0.1, 0.15) is 20.9 Å². The Morgan fingerprint density at radius 3 is 2.56 bits per heavy atom. The molecule has 0 spiro atoms. The molecule has 0 unspecified atom stereocenters. The number of thioether (sulfide) groups is 1. The lowest BCUT2D eigenvalue weighted by molar-refractivity contribution is -0.136. The van der Waals surface area contributed by atoms with E-state index in [9.17, 15) is 14.4 Å². The summed E-state index contributed by atoms with van der Waals surface area (Å²) in [6, 6.07) is 6.53. The normalized spacial score (nSPS) is 14.1. The summed E-state index contributed by atoms with van der Waals surface area (Å²) in [6.07, 6.45) is 4.86. The van der Waals surface area contributed by atoms with Gasteiger partial charge in [0.1, 0.15) is 5.03 Å². The van der Waals surface area contributed by atoms with Crippen molar-refractivity contribution in [2.75, 3.05) is 39.0 Å². The van der Waals surface area contributed by atoms with Gasteiger partial charge in [0, 0.05) is 32.4 Å². The first kappa shape index (κ1) is 19.0. The maximum atomic E-state index is 12.3. The first-order valence-electron chi connectivity index (χ1n) is 8.37. The van der Waals surface area contributed by atoms with E-state index in [4.69, 9.17) is 9.15 Å². The zero-order valence-corrected chi connectivity index (χ0v) is 15.6. The minimum atomic E-state index is -0.576. The van der Waals surface area contributed by atoms with Gasteiger partial charge in [-0.25, -0.2) is 9.78 Å². The molecule has 2 aromatic rings. The molecule has 1 fully saturated rings. The second kappa shape index (κ2) is 8.72. The number of nitrogens with zero attached hydrogens (tertiary/aromatic N) is 3. The molecule has 0 N–H and O–H groups in total. The van der Waals surface area contributed by atoms with Gasteiger partial charge in [-0.2, -0.15) is 0 Å². The van der Waals surface area contributed by atoms with Crippen molar-refractivity contribution in [3.8, 4) is 0 Å². The Labute approximate surface area is 160 Å². The molecule has 1 aliphatic rings. The summed E-state index contributed by atoms with van der Waals surface area (Å²) in [4.78, 5) is 44.0. The first-order valence-corrected chi connectivity index (χ1v) is 9.59. The number of pyridine rings is 1. The molecule has 1 aliphatic heterocycles. The average Bonchev–Trinajstić information content (AvgIpc) is 3.26. The largest absolute Gasteiger partial charge is 0.459 e. The van der Waals surface area contributed by atoms with Gasteiger partial charge in [0.15, 0.2) is 12.4 Å². The first-order chi connectivity index (χ1) is 13.1. The monoisotopic (exact) mass is 389 g/mol. The fourth-order valence-corrected chi connectivity index (χ4v) is 3.26. The van der Waals surface area contributed by atoms with E-state index in [1.165, 1.54) is 18.0 Å². The molecule has 0 saturated carbocycles. The average molecular weight is 389 g/mol. The van der Waals surface area contributed by atoms with Crippen LogP contribution in [0.25, 0.3) is 0 Å². The van der Waals surface area contributed by atoms with E-state index in [0.29, 0.717) is 36.8 Å². The molecule has 2 amide bonds. The maximum absolute atomic E-state index is 12.3. The van der Waals surface area contributed by atoms with Gasteiger partial charge in [-0.05, 0) is 30.5 Å². The zero-order chi connectivity index (χ0) is 19.2. The summed E-state index contributed by atoms with van der Waals surface area (Å²) in [7, 11) is 0. The third kappa shape index (κ3) is 4.48. The smallest absolute Gasteiger partial charge is 0.341 e. The predicted octanol–water partition coefficient (Wildman–Crippen LogP) is 1.54. The molecule has 3 heterocycles. The fraction of sp³-hybridized carbons (Fsp3) is 0.333. The highest BCUT2D eigenvalue weighted by Gasteiger charge is 2.26. The molecule has 0 atom stereocenters. The van der Waals surface area contributed by atoms with Crippen molar-refractivity contribution < 1.29 is 23.5 Å². The summed E-state index contributed by atoms with van der Waals surface area (Å²) in [5, 5.41) is 0.556. The number of ether oxygens (including phenoxy) is 1. The molecule has 0 radical (unpaired) electrons. The van der Waals surface area contributed by atoms with Gasteiger partial charge in [0.2, 0.25) is 0 Å². The van der Waals surface area contributed by atoms with Crippen molar-refractivity contribution in [2.45, 2.75) is 5.03 Å². The van der Waals surface area contributed by atoms with Crippen LogP contribution in [0.2, 0.25) is 0 Å². The third-order valence-corrected chi connectivity index (χ3v) is 4.87. The highest BCUT2D eigenvalue weighted by molar-refractivity contribution is 7.98. The van der Waals surface area contributed by atoms with Crippen LogP contribution in [0.3, 0.4) is 0 Å². The van der Waals surface area contributed by atoms with Crippen molar-refractivity contribution in [2.24, 2.45) is 0 Å². The van der Waals surface area contributed by atoms with E-state index >= 15 is 0 Å². The molecule has 0 aromatic carbocycles. The number of furan rings is 1. The van der Waals surface area contributed by atoms with Crippen molar-refractivity contribution in [3.05, 3.63) is 48.0 Å². The second-order valence-electron chi connectivity index (χ2n) is 5.79. The summed E-state index contributed by atoms with van der Waals surface area (Å²) in [6.45, 7) is 1.22. The fourth-order valence-electron chi connectivity index (χ4n) is 2.72. The van der Waals surface area contributed by atoms with Gasteiger partial charge >= 0.3 is 5.97 Å². The van der Waals surface area contributed by atoms with Gasteiger partial charge in [-0.1, -0.05) is 0 Å².